The number of phenols is 1. The minimum absolute atomic E-state index is 0.0546. The van der Waals surface area contributed by atoms with Gasteiger partial charge in [0.15, 0.2) is 5.43 Å². The molecule has 0 unspecified atom stereocenters. The van der Waals surface area contributed by atoms with Crippen molar-refractivity contribution in [2.75, 3.05) is 0 Å². The van der Waals surface area contributed by atoms with Gasteiger partial charge in [-0.25, -0.2) is 5.43 Å². The van der Waals surface area contributed by atoms with Crippen LogP contribution < -0.4 is 10.9 Å². The molecule has 6 nitrogen and oxygen atoms in total. The van der Waals surface area contributed by atoms with Crippen molar-refractivity contribution in [2.24, 2.45) is 5.10 Å². The van der Waals surface area contributed by atoms with Crippen LogP contribution in [0.25, 0.3) is 21.8 Å². The number of aromatic hydroxyl groups is 1. The van der Waals surface area contributed by atoms with Crippen molar-refractivity contribution in [3.05, 3.63) is 86.5 Å². The fraction of sp³-hybridized carbons (Fsp3) is 0.0455. The van der Waals surface area contributed by atoms with Crippen molar-refractivity contribution in [2.45, 2.75) is 6.54 Å². The first kappa shape index (κ1) is 19.9. The fourth-order valence-corrected chi connectivity index (χ4v) is 3.79. The molecule has 8 heteroatoms. The monoisotopic (exact) mass is 439 g/mol. The van der Waals surface area contributed by atoms with Gasteiger partial charge in [-0.15, -0.1) is 0 Å². The Bertz CT molecular complexity index is 1320. The zero-order valence-corrected chi connectivity index (χ0v) is 17.0. The minimum Gasteiger partial charge on any atom is -0.506 e. The number of para-hydroxylation sites is 2. The number of fused-ring (bicyclic) bond motifs is 2. The molecule has 1 aromatic heterocycles. The van der Waals surface area contributed by atoms with Crippen LogP contribution in [-0.2, 0) is 11.3 Å². The standard InChI is InChI=1S/C22H15Cl2N3O3/c23-14-9-13(21(29)17(24)10-14)11-25-26-20(28)12-27-18-7-3-1-5-15(18)22(30)16-6-2-4-8-19(16)27/h1-11,29H,12H2,(H,26,28). The average Bonchev–Trinajstić information content (AvgIpc) is 2.74. The predicted molar refractivity (Wildman–Crippen MR) is 120 cm³/mol. The van der Waals surface area contributed by atoms with E-state index in [1.165, 1.54) is 18.3 Å². The lowest BCUT2D eigenvalue weighted by molar-refractivity contribution is -0.121. The summed E-state index contributed by atoms with van der Waals surface area (Å²) in [5.41, 5.74) is 3.92. The second kappa shape index (κ2) is 8.18. The Hall–Kier alpha value is -3.35. The van der Waals surface area contributed by atoms with Crippen LogP contribution in [-0.4, -0.2) is 21.8 Å². The lowest BCUT2D eigenvalue weighted by atomic mass is 10.1. The second-order valence-corrected chi connectivity index (χ2v) is 7.41. The highest BCUT2D eigenvalue weighted by molar-refractivity contribution is 6.36. The molecule has 0 saturated heterocycles. The summed E-state index contributed by atoms with van der Waals surface area (Å²) in [5, 5.41) is 15.3. The predicted octanol–water partition coefficient (Wildman–Crippen LogP) is 4.32. The summed E-state index contributed by atoms with van der Waals surface area (Å²) in [7, 11) is 0. The Kier molecular flexibility index (Phi) is 5.44. The lowest BCUT2D eigenvalue weighted by Crippen LogP contribution is -2.25. The van der Waals surface area contributed by atoms with Crippen LogP contribution in [0.2, 0.25) is 10.0 Å². The largest absolute Gasteiger partial charge is 0.506 e. The molecular formula is C22H15Cl2N3O3. The van der Waals surface area contributed by atoms with E-state index in [0.29, 0.717) is 26.8 Å². The Morgan fingerprint density at radius 2 is 1.63 bits per heavy atom. The molecule has 0 aliphatic rings. The molecule has 0 aliphatic heterocycles. The van der Waals surface area contributed by atoms with E-state index in [2.05, 4.69) is 10.5 Å². The van der Waals surface area contributed by atoms with Crippen molar-refractivity contribution >= 4 is 57.1 Å². The molecular weight excluding hydrogens is 425 g/mol. The van der Waals surface area contributed by atoms with Crippen molar-refractivity contribution in [3.8, 4) is 5.75 Å². The number of phenolic OH excluding ortho intramolecular Hbond substituents is 1. The maximum atomic E-state index is 12.8. The molecule has 0 aliphatic carbocycles. The van der Waals surface area contributed by atoms with Gasteiger partial charge in [0.05, 0.1) is 22.3 Å². The molecule has 3 aromatic carbocycles. The number of pyridine rings is 1. The molecule has 0 radical (unpaired) electrons. The number of nitrogens with one attached hydrogen (secondary N) is 1. The van der Waals surface area contributed by atoms with Gasteiger partial charge in [-0.2, -0.15) is 5.10 Å². The smallest absolute Gasteiger partial charge is 0.260 e. The number of nitrogens with zero attached hydrogens (tertiary/aromatic N) is 2. The zero-order valence-electron chi connectivity index (χ0n) is 15.5. The molecule has 150 valence electrons. The minimum atomic E-state index is -0.405. The molecule has 4 rings (SSSR count). The van der Waals surface area contributed by atoms with Gasteiger partial charge in [0.2, 0.25) is 0 Å². The number of rotatable bonds is 4. The topological polar surface area (TPSA) is 83.7 Å². The summed E-state index contributed by atoms with van der Waals surface area (Å²) in [6.45, 7) is -0.0546. The highest BCUT2D eigenvalue weighted by atomic mass is 35.5. The second-order valence-electron chi connectivity index (χ2n) is 6.57. The van der Waals surface area contributed by atoms with Gasteiger partial charge in [0.25, 0.3) is 5.91 Å². The average molecular weight is 440 g/mol. The number of aromatic nitrogens is 1. The maximum Gasteiger partial charge on any atom is 0.260 e. The number of carbonyl (C=O) groups excluding carboxylic acids is 1. The molecule has 0 fully saturated rings. The van der Waals surface area contributed by atoms with Crippen LogP contribution in [0.3, 0.4) is 0 Å². The Labute approximate surface area is 181 Å². The van der Waals surface area contributed by atoms with Crippen molar-refractivity contribution in [1.29, 1.82) is 0 Å². The Morgan fingerprint density at radius 3 is 2.27 bits per heavy atom. The van der Waals surface area contributed by atoms with E-state index in [9.17, 15) is 14.7 Å². The summed E-state index contributed by atoms with van der Waals surface area (Å²) in [5.74, 6) is -0.589. The first-order valence-corrected chi connectivity index (χ1v) is 9.71. The van der Waals surface area contributed by atoms with E-state index >= 15 is 0 Å². The van der Waals surface area contributed by atoms with Gasteiger partial charge < -0.3 is 9.67 Å². The number of amides is 1. The van der Waals surface area contributed by atoms with Crippen LogP contribution in [0.15, 0.2) is 70.6 Å². The quantitative estimate of drug-likeness (QED) is 0.282. The Balaban J connectivity index is 1.65. The van der Waals surface area contributed by atoms with E-state index in [1.54, 1.807) is 41.0 Å². The van der Waals surface area contributed by atoms with E-state index in [1.807, 2.05) is 12.1 Å². The third kappa shape index (κ3) is 3.75. The van der Waals surface area contributed by atoms with Gasteiger partial charge in [-0.05, 0) is 36.4 Å². The normalized spacial score (nSPS) is 11.4. The molecule has 30 heavy (non-hydrogen) atoms. The first-order valence-electron chi connectivity index (χ1n) is 8.96. The molecule has 0 spiro atoms. The highest BCUT2D eigenvalue weighted by Gasteiger charge is 2.12. The number of hydrogen-bond donors (Lipinski definition) is 2. The van der Waals surface area contributed by atoms with Gasteiger partial charge in [-0.1, -0.05) is 47.5 Å². The van der Waals surface area contributed by atoms with Gasteiger partial charge in [-0.3, -0.25) is 9.59 Å². The molecule has 0 saturated carbocycles. The SMILES string of the molecule is O=C(Cn1c2ccccc2c(=O)c2ccccc21)NN=Cc1cc(Cl)cc(Cl)c1O. The van der Waals surface area contributed by atoms with E-state index in [0.717, 1.165) is 0 Å². The van der Waals surface area contributed by atoms with E-state index in [-0.39, 0.29) is 28.3 Å². The number of carbonyl (C=O) groups is 1. The van der Waals surface area contributed by atoms with E-state index < -0.39 is 5.91 Å². The molecule has 0 bridgehead atoms. The van der Waals surface area contributed by atoms with E-state index in [4.69, 9.17) is 23.2 Å². The van der Waals surface area contributed by atoms with Crippen LogP contribution in [0.1, 0.15) is 5.56 Å². The Morgan fingerprint density at radius 1 is 1.03 bits per heavy atom. The number of benzene rings is 3. The summed E-state index contributed by atoms with van der Waals surface area (Å²) in [4.78, 5) is 25.3. The summed E-state index contributed by atoms with van der Waals surface area (Å²) in [6, 6.07) is 17.2. The van der Waals surface area contributed by atoms with Crippen LogP contribution in [0.4, 0.5) is 0 Å². The van der Waals surface area contributed by atoms with Crippen molar-refractivity contribution in [3.63, 3.8) is 0 Å². The molecule has 1 amide bonds. The number of hydrogen-bond acceptors (Lipinski definition) is 4. The summed E-state index contributed by atoms with van der Waals surface area (Å²) < 4.78 is 1.77. The molecule has 0 atom stereocenters. The summed E-state index contributed by atoms with van der Waals surface area (Å²) in [6.07, 6.45) is 1.26. The lowest BCUT2D eigenvalue weighted by Gasteiger charge is -2.14. The van der Waals surface area contributed by atoms with Crippen molar-refractivity contribution < 1.29 is 9.90 Å². The van der Waals surface area contributed by atoms with Crippen molar-refractivity contribution in [1.82, 2.24) is 9.99 Å². The molecule has 2 N–H and O–H groups in total. The van der Waals surface area contributed by atoms with Gasteiger partial charge in [0.1, 0.15) is 12.3 Å². The third-order valence-corrected chi connectivity index (χ3v) is 5.14. The highest BCUT2D eigenvalue weighted by Crippen LogP contribution is 2.29. The summed E-state index contributed by atoms with van der Waals surface area (Å²) >= 11 is 11.8. The molecule has 1 heterocycles. The number of halogens is 2. The van der Waals surface area contributed by atoms with Gasteiger partial charge in [0, 0.05) is 21.4 Å². The first-order chi connectivity index (χ1) is 14.5. The third-order valence-electron chi connectivity index (χ3n) is 4.63. The van der Waals surface area contributed by atoms with Crippen LogP contribution in [0, 0.1) is 0 Å². The van der Waals surface area contributed by atoms with Crippen LogP contribution in [0.5, 0.6) is 5.75 Å². The fourth-order valence-electron chi connectivity index (χ4n) is 3.28. The van der Waals surface area contributed by atoms with Gasteiger partial charge >= 0.3 is 0 Å². The zero-order chi connectivity index (χ0) is 21.3. The maximum absolute atomic E-state index is 12.8. The van der Waals surface area contributed by atoms with Crippen LogP contribution >= 0.6 is 23.2 Å². The number of hydrazone groups is 1. The molecule has 4 aromatic rings.